The molecule has 0 radical (unpaired) electrons. The molecule has 2 heterocycles. The van der Waals surface area contributed by atoms with Crippen molar-refractivity contribution in [3.05, 3.63) is 27.1 Å². The Morgan fingerprint density at radius 1 is 1.40 bits per heavy atom. The summed E-state index contributed by atoms with van der Waals surface area (Å²) in [4.78, 5) is 42.2. The van der Waals surface area contributed by atoms with Gasteiger partial charge in [0.25, 0.3) is 11.5 Å². The van der Waals surface area contributed by atoms with Gasteiger partial charge < -0.3 is 14.8 Å². The Morgan fingerprint density at radius 3 is 2.80 bits per heavy atom. The molecule has 0 unspecified atom stereocenters. The number of methoxy groups -OCH3 is 1. The van der Waals surface area contributed by atoms with Gasteiger partial charge in [-0.3, -0.25) is 19.0 Å². The van der Waals surface area contributed by atoms with Crippen molar-refractivity contribution in [3.8, 4) is 0 Å². The number of nitrogens with zero attached hydrogens (tertiary/aromatic N) is 2. The number of hydrogen-bond acceptors (Lipinski definition) is 7. The standard InChI is InChI=1S/C16H21N3O5S/c1-9-11(3)25-15-13(9)16(22)19(8-18-15)7-12(20)24-10(2)14(21)17-5-6-23-4/h8,10H,5-7H2,1-4H3,(H,17,21)/t10-/m1/s1. The second-order valence-electron chi connectivity index (χ2n) is 5.56. The van der Waals surface area contributed by atoms with E-state index in [0.29, 0.717) is 23.4 Å². The van der Waals surface area contributed by atoms with Gasteiger partial charge in [-0.05, 0) is 26.3 Å². The maximum atomic E-state index is 12.5. The molecule has 0 saturated heterocycles. The van der Waals surface area contributed by atoms with Crippen molar-refractivity contribution in [2.75, 3.05) is 20.3 Å². The summed E-state index contributed by atoms with van der Waals surface area (Å²) in [5.41, 5.74) is 0.576. The summed E-state index contributed by atoms with van der Waals surface area (Å²) < 4.78 is 11.1. The molecule has 136 valence electrons. The summed E-state index contributed by atoms with van der Waals surface area (Å²) >= 11 is 1.44. The Balaban J connectivity index is 2.04. The van der Waals surface area contributed by atoms with E-state index < -0.39 is 18.0 Å². The molecule has 0 aliphatic heterocycles. The third-order valence-electron chi connectivity index (χ3n) is 3.74. The highest BCUT2D eigenvalue weighted by molar-refractivity contribution is 7.18. The third-order valence-corrected chi connectivity index (χ3v) is 4.85. The number of rotatable bonds is 7. The molecular weight excluding hydrogens is 346 g/mol. The molecule has 0 fully saturated rings. The van der Waals surface area contributed by atoms with Crippen LogP contribution in [0.1, 0.15) is 17.4 Å². The number of aromatic nitrogens is 2. The third kappa shape index (κ3) is 4.43. The fourth-order valence-electron chi connectivity index (χ4n) is 2.23. The summed E-state index contributed by atoms with van der Waals surface area (Å²) in [5.74, 6) is -1.10. The predicted molar refractivity (Wildman–Crippen MR) is 93.8 cm³/mol. The Hall–Kier alpha value is -2.26. The average molecular weight is 367 g/mol. The molecule has 2 rings (SSSR count). The summed E-state index contributed by atoms with van der Waals surface area (Å²) in [5, 5.41) is 3.09. The number of amides is 1. The SMILES string of the molecule is COCCNC(=O)[C@@H](C)OC(=O)Cn1cnc2sc(C)c(C)c2c1=O. The number of carbonyl (C=O) groups is 2. The second-order valence-corrected chi connectivity index (χ2v) is 6.76. The first-order valence-electron chi connectivity index (χ1n) is 7.76. The molecule has 1 atom stereocenters. The van der Waals surface area contributed by atoms with E-state index in [2.05, 4.69) is 10.3 Å². The quantitative estimate of drug-likeness (QED) is 0.573. The molecule has 0 aliphatic rings. The first-order chi connectivity index (χ1) is 11.8. The van der Waals surface area contributed by atoms with Crippen LogP contribution >= 0.6 is 11.3 Å². The molecule has 0 bridgehead atoms. The highest BCUT2D eigenvalue weighted by Gasteiger charge is 2.19. The Bertz CT molecular complexity index is 842. The number of ether oxygens (including phenoxy) is 2. The number of hydrogen-bond donors (Lipinski definition) is 1. The van der Waals surface area contributed by atoms with Crippen LogP contribution in [0.5, 0.6) is 0 Å². The monoisotopic (exact) mass is 367 g/mol. The minimum atomic E-state index is -0.957. The molecule has 2 aromatic rings. The van der Waals surface area contributed by atoms with Crippen LogP contribution in [0.15, 0.2) is 11.1 Å². The zero-order chi connectivity index (χ0) is 18.6. The van der Waals surface area contributed by atoms with E-state index >= 15 is 0 Å². The van der Waals surface area contributed by atoms with E-state index in [-0.39, 0.29) is 12.1 Å². The van der Waals surface area contributed by atoms with Gasteiger partial charge in [0, 0.05) is 18.5 Å². The van der Waals surface area contributed by atoms with Crippen molar-refractivity contribution in [2.24, 2.45) is 0 Å². The minimum absolute atomic E-state index is 0.291. The van der Waals surface area contributed by atoms with E-state index in [1.165, 1.54) is 36.3 Å². The van der Waals surface area contributed by atoms with Crippen LogP contribution in [-0.4, -0.2) is 47.8 Å². The van der Waals surface area contributed by atoms with Gasteiger partial charge in [-0.25, -0.2) is 4.98 Å². The van der Waals surface area contributed by atoms with Crippen LogP contribution in [-0.2, 0) is 25.6 Å². The maximum absolute atomic E-state index is 12.5. The zero-order valence-corrected chi connectivity index (χ0v) is 15.4. The van der Waals surface area contributed by atoms with Gasteiger partial charge in [0.2, 0.25) is 0 Å². The number of nitrogens with one attached hydrogen (secondary N) is 1. The van der Waals surface area contributed by atoms with Crippen LogP contribution in [0.2, 0.25) is 0 Å². The molecule has 8 nitrogen and oxygen atoms in total. The molecule has 0 spiro atoms. The number of carbonyl (C=O) groups excluding carboxylic acids is 2. The van der Waals surface area contributed by atoms with Crippen LogP contribution < -0.4 is 10.9 Å². The fourth-order valence-corrected chi connectivity index (χ4v) is 3.22. The smallest absolute Gasteiger partial charge is 0.326 e. The van der Waals surface area contributed by atoms with Gasteiger partial charge in [0.05, 0.1) is 18.3 Å². The maximum Gasteiger partial charge on any atom is 0.326 e. The second kappa shape index (κ2) is 8.21. The summed E-state index contributed by atoms with van der Waals surface area (Å²) in [6, 6.07) is 0. The summed E-state index contributed by atoms with van der Waals surface area (Å²) in [7, 11) is 1.52. The topological polar surface area (TPSA) is 99.5 Å². The molecule has 1 N–H and O–H groups in total. The Labute approximate surface area is 148 Å². The molecule has 1 amide bonds. The van der Waals surface area contributed by atoms with Crippen molar-refractivity contribution in [2.45, 2.75) is 33.4 Å². The first-order valence-corrected chi connectivity index (χ1v) is 8.58. The van der Waals surface area contributed by atoms with Gasteiger partial charge in [0.1, 0.15) is 11.4 Å². The van der Waals surface area contributed by atoms with Gasteiger partial charge in [-0.2, -0.15) is 0 Å². The van der Waals surface area contributed by atoms with Crippen LogP contribution in [0, 0.1) is 13.8 Å². The molecular formula is C16H21N3O5S. The van der Waals surface area contributed by atoms with E-state index in [4.69, 9.17) is 9.47 Å². The molecule has 9 heteroatoms. The lowest BCUT2D eigenvalue weighted by Crippen LogP contribution is -2.38. The summed E-state index contributed by atoms with van der Waals surface area (Å²) in [6.07, 6.45) is 0.367. The van der Waals surface area contributed by atoms with Crippen LogP contribution in [0.3, 0.4) is 0 Å². The lowest BCUT2D eigenvalue weighted by atomic mass is 10.2. The van der Waals surface area contributed by atoms with Gasteiger partial charge in [-0.1, -0.05) is 0 Å². The summed E-state index contributed by atoms with van der Waals surface area (Å²) in [6.45, 7) is 5.64. The molecule has 25 heavy (non-hydrogen) atoms. The zero-order valence-electron chi connectivity index (χ0n) is 14.6. The van der Waals surface area contributed by atoms with Crippen molar-refractivity contribution < 1.29 is 19.1 Å². The van der Waals surface area contributed by atoms with Crippen LogP contribution in [0.25, 0.3) is 10.2 Å². The number of aryl methyl sites for hydroxylation is 2. The van der Waals surface area contributed by atoms with Crippen molar-refractivity contribution in [1.82, 2.24) is 14.9 Å². The predicted octanol–water partition coefficient (Wildman–Crippen LogP) is 0.769. The molecule has 0 saturated carbocycles. The number of esters is 1. The lowest BCUT2D eigenvalue weighted by molar-refractivity contribution is -0.155. The van der Waals surface area contributed by atoms with Gasteiger partial charge in [-0.15, -0.1) is 11.3 Å². The van der Waals surface area contributed by atoms with E-state index in [1.54, 1.807) is 0 Å². The van der Waals surface area contributed by atoms with Crippen molar-refractivity contribution in [3.63, 3.8) is 0 Å². The Kier molecular flexibility index (Phi) is 6.27. The van der Waals surface area contributed by atoms with Gasteiger partial charge >= 0.3 is 5.97 Å². The van der Waals surface area contributed by atoms with Crippen LogP contribution in [0.4, 0.5) is 0 Å². The Morgan fingerprint density at radius 2 is 2.12 bits per heavy atom. The van der Waals surface area contributed by atoms with E-state index in [9.17, 15) is 14.4 Å². The number of thiophene rings is 1. The molecule has 0 aliphatic carbocycles. The lowest BCUT2D eigenvalue weighted by Gasteiger charge is -2.13. The fraction of sp³-hybridized carbons (Fsp3) is 0.500. The average Bonchev–Trinajstić information content (AvgIpc) is 2.85. The van der Waals surface area contributed by atoms with Crippen molar-refractivity contribution >= 4 is 33.4 Å². The van der Waals surface area contributed by atoms with Crippen molar-refractivity contribution in [1.29, 1.82) is 0 Å². The number of fused-ring (bicyclic) bond motifs is 1. The highest BCUT2D eigenvalue weighted by atomic mass is 32.1. The molecule has 2 aromatic heterocycles. The largest absolute Gasteiger partial charge is 0.451 e. The van der Waals surface area contributed by atoms with Gasteiger partial charge in [0.15, 0.2) is 6.10 Å². The normalized spacial score (nSPS) is 12.2. The highest BCUT2D eigenvalue weighted by Crippen LogP contribution is 2.25. The van der Waals surface area contributed by atoms with E-state index in [1.807, 2.05) is 13.8 Å². The first kappa shape index (κ1) is 19.1. The minimum Gasteiger partial charge on any atom is -0.451 e. The van der Waals surface area contributed by atoms with E-state index in [0.717, 1.165) is 10.4 Å². The molecule has 0 aromatic carbocycles.